The number of aromatic amines is 1. The summed E-state index contributed by atoms with van der Waals surface area (Å²) in [6, 6.07) is 10.2. The predicted molar refractivity (Wildman–Crippen MR) is 119 cm³/mol. The largest absolute Gasteiger partial charge is 0.363 e. The Hall–Kier alpha value is -3.52. The summed E-state index contributed by atoms with van der Waals surface area (Å²) >= 11 is 0. The maximum Gasteiger partial charge on any atom is 0.172 e. The Morgan fingerprint density at radius 1 is 1.10 bits per heavy atom. The third kappa shape index (κ3) is 3.69. The number of aromatic nitrogens is 5. The maximum absolute atomic E-state index is 5.03. The van der Waals surface area contributed by atoms with Crippen LogP contribution in [0.3, 0.4) is 0 Å². The first kappa shape index (κ1) is 18.5. The fraction of sp³-hybridized carbons (Fsp3) is 0.273. The molecule has 4 heterocycles. The van der Waals surface area contributed by atoms with Gasteiger partial charge in [0.05, 0.1) is 23.1 Å². The van der Waals surface area contributed by atoms with Gasteiger partial charge in [0.1, 0.15) is 0 Å². The van der Waals surface area contributed by atoms with E-state index in [1.54, 1.807) is 12.4 Å². The number of nitrogens with zero attached hydrogens (tertiary/aromatic N) is 5. The minimum atomic E-state index is 0.676. The molecule has 1 aliphatic rings. The number of benzene rings is 1. The van der Waals surface area contributed by atoms with Gasteiger partial charge >= 0.3 is 0 Å². The van der Waals surface area contributed by atoms with Crippen molar-refractivity contribution in [3.05, 3.63) is 60.2 Å². The van der Waals surface area contributed by atoms with Gasteiger partial charge in [-0.05, 0) is 36.8 Å². The normalized spacial score (nSPS) is 14.2. The van der Waals surface area contributed by atoms with Crippen molar-refractivity contribution in [3.63, 3.8) is 0 Å². The first-order chi connectivity index (χ1) is 14.8. The fourth-order valence-electron chi connectivity index (χ4n) is 3.73. The van der Waals surface area contributed by atoms with Gasteiger partial charge in [-0.25, -0.2) is 9.97 Å². The number of anilines is 2. The number of hydrogen-bond donors (Lipinski definition) is 3. The third-order valence-corrected chi connectivity index (χ3v) is 5.43. The molecule has 1 aromatic carbocycles. The first-order valence-corrected chi connectivity index (χ1v) is 10.2. The third-order valence-electron chi connectivity index (χ3n) is 5.43. The van der Waals surface area contributed by atoms with Crippen molar-refractivity contribution < 1.29 is 0 Å². The van der Waals surface area contributed by atoms with Crippen molar-refractivity contribution >= 4 is 22.5 Å². The molecular formula is C22H24N8. The molecule has 1 fully saturated rings. The average molecular weight is 400 g/mol. The number of nitrogens with one attached hydrogen (secondary N) is 3. The molecule has 3 aromatic heterocycles. The zero-order valence-corrected chi connectivity index (χ0v) is 16.9. The van der Waals surface area contributed by atoms with E-state index in [1.165, 1.54) is 0 Å². The SMILES string of the molecule is Cc1n[nH]c2ccc(-c3cnc(NCc4ccncc4)c(N4CCNCC4)n3)cc12. The molecule has 0 radical (unpaired) electrons. The van der Waals surface area contributed by atoms with Crippen LogP contribution in [0.15, 0.2) is 48.9 Å². The van der Waals surface area contributed by atoms with Crippen molar-refractivity contribution in [2.45, 2.75) is 13.5 Å². The monoisotopic (exact) mass is 400 g/mol. The van der Waals surface area contributed by atoms with Gasteiger partial charge in [0, 0.05) is 56.1 Å². The Morgan fingerprint density at radius 2 is 1.93 bits per heavy atom. The van der Waals surface area contributed by atoms with Gasteiger partial charge in [-0.15, -0.1) is 0 Å². The van der Waals surface area contributed by atoms with E-state index in [9.17, 15) is 0 Å². The Bertz CT molecular complexity index is 1150. The van der Waals surface area contributed by atoms with Crippen molar-refractivity contribution in [2.24, 2.45) is 0 Å². The highest BCUT2D eigenvalue weighted by Gasteiger charge is 2.18. The average Bonchev–Trinajstić information content (AvgIpc) is 3.19. The number of hydrogen-bond acceptors (Lipinski definition) is 7. The minimum absolute atomic E-state index is 0.676. The summed E-state index contributed by atoms with van der Waals surface area (Å²) in [4.78, 5) is 16.2. The van der Waals surface area contributed by atoms with Gasteiger partial charge in [-0.3, -0.25) is 10.1 Å². The summed E-state index contributed by atoms with van der Waals surface area (Å²) in [6.45, 7) is 6.37. The molecule has 8 heteroatoms. The number of aryl methyl sites for hydroxylation is 1. The smallest absolute Gasteiger partial charge is 0.172 e. The van der Waals surface area contributed by atoms with Crippen LogP contribution in [0.25, 0.3) is 22.2 Å². The number of piperazine rings is 1. The topological polar surface area (TPSA) is 94.7 Å². The lowest BCUT2D eigenvalue weighted by atomic mass is 10.1. The van der Waals surface area contributed by atoms with Crippen molar-refractivity contribution in [3.8, 4) is 11.3 Å². The van der Waals surface area contributed by atoms with Gasteiger partial charge in [0.2, 0.25) is 0 Å². The van der Waals surface area contributed by atoms with Crippen LogP contribution in [0, 0.1) is 6.92 Å². The van der Waals surface area contributed by atoms with E-state index in [0.29, 0.717) is 6.54 Å². The molecule has 4 aromatic rings. The molecule has 0 unspecified atom stereocenters. The lowest BCUT2D eigenvalue weighted by Crippen LogP contribution is -2.44. The van der Waals surface area contributed by atoms with Gasteiger partial charge in [0.15, 0.2) is 11.6 Å². The van der Waals surface area contributed by atoms with Crippen LogP contribution in [-0.2, 0) is 6.54 Å². The fourth-order valence-corrected chi connectivity index (χ4v) is 3.73. The molecule has 0 atom stereocenters. The highest BCUT2D eigenvalue weighted by molar-refractivity contribution is 5.86. The Balaban J connectivity index is 1.50. The zero-order valence-electron chi connectivity index (χ0n) is 16.9. The Labute approximate surface area is 174 Å². The summed E-state index contributed by atoms with van der Waals surface area (Å²) in [5, 5.41) is 15.3. The molecule has 8 nitrogen and oxygen atoms in total. The maximum atomic E-state index is 5.03. The van der Waals surface area contributed by atoms with Crippen LogP contribution < -0.4 is 15.5 Å². The molecule has 152 valence electrons. The number of rotatable bonds is 5. The molecule has 30 heavy (non-hydrogen) atoms. The summed E-state index contributed by atoms with van der Waals surface area (Å²) < 4.78 is 0. The van der Waals surface area contributed by atoms with Gasteiger partial charge in [-0.2, -0.15) is 5.10 Å². The lowest BCUT2D eigenvalue weighted by molar-refractivity contribution is 0.585. The van der Waals surface area contributed by atoms with Crippen LogP contribution in [0.2, 0.25) is 0 Å². The molecule has 0 aliphatic carbocycles. The second kappa shape index (κ2) is 8.08. The van der Waals surface area contributed by atoms with Crippen molar-refractivity contribution in [2.75, 3.05) is 36.4 Å². The molecule has 5 rings (SSSR count). The van der Waals surface area contributed by atoms with Gasteiger partial charge < -0.3 is 15.5 Å². The summed E-state index contributed by atoms with van der Waals surface area (Å²) in [5.41, 5.74) is 5.07. The molecule has 1 aliphatic heterocycles. The summed E-state index contributed by atoms with van der Waals surface area (Å²) in [6.07, 6.45) is 5.45. The van der Waals surface area contributed by atoms with E-state index in [-0.39, 0.29) is 0 Å². The highest BCUT2D eigenvalue weighted by atomic mass is 15.3. The summed E-state index contributed by atoms with van der Waals surface area (Å²) in [5.74, 6) is 1.70. The Kier molecular flexibility index (Phi) is 4.98. The van der Waals surface area contributed by atoms with Crippen LogP contribution in [0.4, 0.5) is 11.6 Å². The van der Waals surface area contributed by atoms with E-state index in [1.807, 2.05) is 31.3 Å². The van der Waals surface area contributed by atoms with Crippen LogP contribution in [0.5, 0.6) is 0 Å². The standard InChI is InChI=1S/C22H24N8/c1-15-18-12-17(2-3-19(18)29-28-15)20-14-26-21(25-13-16-4-6-23-7-5-16)22(27-20)30-10-8-24-9-11-30/h2-7,12,14,24H,8-11,13H2,1H3,(H,25,26)(H,28,29). The van der Waals surface area contributed by atoms with Crippen LogP contribution in [-0.4, -0.2) is 51.3 Å². The van der Waals surface area contributed by atoms with Crippen molar-refractivity contribution in [1.82, 2.24) is 30.5 Å². The highest BCUT2D eigenvalue weighted by Crippen LogP contribution is 2.29. The van der Waals surface area contributed by atoms with Crippen LogP contribution >= 0.6 is 0 Å². The molecule has 0 saturated carbocycles. The van der Waals surface area contributed by atoms with E-state index in [4.69, 9.17) is 9.97 Å². The summed E-state index contributed by atoms with van der Waals surface area (Å²) in [7, 11) is 0. The van der Waals surface area contributed by atoms with Gasteiger partial charge in [0.25, 0.3) is 0 Å². The molecule has 0 spiro atoms. The number of fused-ring (bicyclic) bond motifs is 1. The Morgan fingerprint density at radius 3 is 2.77 bits per heavy atom. The molecule has 0 amide bonds. The van der Waals surface area contributed by atoms with E-state index in [2.05, 4.69) is 42.8 Å². The van der Waals surface area contributed by atoms with Crippen LogP contribution in [0.1, 0.15) is 11.3 Å². The number of H-pyrrole nitrogens is 1. The number of pyridine rings is 1. The van der Waals surface area contributed by atoms with E-state index < -0.39 is 0 Å². The van der Waals surface area contributed by atoms with E-state index in [0.717, 1.165) is 71.2 Å². The molecule has 0 bridgehead atoms. The predicted octanol–water partition coefficient (Wildman–Crippen LogP) is 2.75. The van der Waals surface area contributed by atoms with Crippen molar-refractivity contribution in [1.29, 1.82) is 0 Å². The first-order valence-electron chi connectivity index (χ1n) is 10.2. The molecular weight excluding hydrogens is 376 g/mol. The minimum Gasteiger partial charge on any atom is -0.363 e. The second-order valence-corrected chi connectivity index (χ2v) is 7.44. The van der Waals surface area contributed by atoms with Gasteiger partial charge in [-0.1, -0.05) is 6.07 Å². The lowest BCUT2D eigenvalue weighted by Gasteiger charge is -2.30. The quantitative estimate of drug-likeness (QED) is 0.474. The second-order valence-electron chi connectivity index (χ2n) is 7.44. The van der Waals surface area contributed by atoms with E-state index >= 15 is 0 Å². The zero-order chi connectivity index (χ0) is 20.3. The molecule has 1 saturated heterocycles. The molecule has 3 N–H and O–H groups in total.